The van der Waals surface area contributed by atoms with Crippen LogP contribution in [-0.4, -0.2) is 44.8 Å². The van der Waals surface area contributed by atoms with Crippen molar-refractivity contribution in [3.05, 3.63) is 52.1 Å². The molecule has 8 nitrogen and oxygen atoms in total. The molecule has 0 bridgehead atoms. The Morgan fingerprint density at radius 3 is 2.74 bits per heavy atom. The van der Waals surface area contributed by atoms with Crippen molar-refractivity contribution in [3.8, 4) is 11.9 Å². The normalized spacial score (nSPS) is 14.0. The predicted octanol–water partition coefficient (Wildman–Crippen LogP) is -0.0496. The van der Waals surface area contributed by atoms with Gasteiger partial charge in [0.15, 0.2) is 0 Å². The van der Waals surface area contributed by atoms with E-state index in [1.54, 1.807) is 17.0 Å². The predicted molar refractivity (Wildman–Crippen MR) is 78.7 cm³/mol. The minimum Gasteiger partial charge on any atom is -0.471 e. The molecule has 0 atom stereocenters. The van der Waals surface area contributed by atoms with E-state index in [4.69, 9.17) is 10.00 Å². The molecule has 0 spiro atoms. The highest BCUT2D eigenvalue weighted by Crippen LogP contribution is 2.17. The highest BCUT2D eigenvalue weighted by Gasteiger charge is 2.33. The van der Waals surface area contributed by atoms with E-state index < -0.39 is 0 Å². The van der Waals surface area contributed by atoms with Crippen LogP contribution in [0.2, 0.25) is 0 Å². The van der Waals surface area contributed by atoms with Gasteiger partial charge in [0.1, 0.15) is 17.9 Å². The Labute approximate surface area is 131 Å². The number of likely N-dealkylation sites (tertiary alicyclic amines) is 1. The molecule has 1 aliphatic heterocycles. The summed E-state index contributed by atoms with van der Waals surface area (Å²) in [6, 6.07) is 7.96. The molecule has 0 unspecified atom stereocenters. The summed E-state index contributed by atoms with van der Waals surface area (Å²) in [6.07, 6.45) is 1.29. The van der Waals surface area contributed by atoms with Crippen LogP contribution in [-0.2, 0) is 7.05 Å². The van der Waals surface area contributed by atoms with E-state index in [1.165, 1.54) is 25.4 Å². The van der Waals surface area contributed by atoms with E-state index in [0.717, 1.165) is 4.68 Å². The molecule has 1 aliphatic rings. The van der Waals surface area contributed by atoms with Crippen LogP contribution in [0.5, 0.6) is 5.88 Å². The zero-order chi connectivity index (χ0) is 16.4. The number of aryl methyl sites for hydroxylation is 1. The average molecular weight is 311 g/mol. The van der Waals surface area contributed by atoms with Crippen LogP contribution in [0, 0.1) is 11.3 Å². The number of nitriles is 1. The van der Waals surface area contributed by atoms with Gasteiger partial charge in [-0.3, -0.25) is 9.59 Å². The lowest BCUT2D eigenvalue weighted by Crippen LogP contribution is -2.56. The molecule has 1 saturated heterocycles. The molecule has 1 amide bonds. The molecule has 0 aliphatic carbocycles. The van der Waals surface area contributed by atoms with Gasteiger partial charge in [-0.1, -0.05) is 0 Å². The van der Waals surface area contributed by atoms with E-state index in [1.807, 2.05) is 6.07 Å². The minimum absolute atomic E-state index is 0.146. The van der Waals surface area contributed by atoms with Crippen molar-refractivity contribution in [1.82, 2.24) is 19.7 Å². The van der Waals surface area contributed by atoms with Crippen molar-refractivity contribution >= 4 is 5.91 Å². The van der Waals surface area contributed by atoms with Crippen LogP contribution in [0.1, 0.15) is 16.1 Å². The lowest BCUT2D eigenvalue weighted by Gasteiger charge is -2.38. The molecular weight excluding hydrogens is 298 g/mol. The van der Waals surface area contributed by atoms with E-state index in [-0.39, 0.29) is 23.3 Å². The van der Waals surface area contributed by atoms with Crippen LogP contribution >= 0.6 is 0 Å². The number of aromatic nitrogens is 3. The van der Waals surface area contributed by atoms with Gasteiger partial charge in [-0.15, -0.1) is 0 Å². The molecule has 2 aromatic rings. The number of pyridine rings is 1. The third-order valence-electron chi connectivity index (χ3n) is 3.47. The van der Waals surface area contributed by atoms with Crippen LogP contribution in [0.25, 0.3) is 0 Å². The van der Waals surface area contributed by atoms with Crippen molar-refractivity contribution < 1.29 is 9.53 Å². The largest absolute Gasteiger partial charge is 0.471 e. The summed E-state index contributed by atoms with van der Waals surface area (Å²) in [5.74, 6) is 0.176. The van der Waals surface area contributed by atoms with Gasteiger partial charge in [-0.05, 0) is 12.1 Å². The number of hydrogen-bond acceptors (Lipinski definition) is 6. The first-order valence-electron chi connectivity index (χ1n) is 6.93. The highest BCUT2D eigenvalue weighted by atomic mass is 16.5. The second-order valence-electron chi connectivity index (χ2n) is 5.13. The number of nitrogens with zero attached hydrogens (tertiary/aromatic N) is 5. The summed E-state index contributed by atoms with van der Waals surface area (Å²) in [5.41, 5.74) is 0.420. The van der Waals surface area contributed by atoms with Crippen molar-refractivity contribution in [2.45, 2.75) is 6.10 Å². The highest BCUT2D eigenvalue weighted by molar-refractivity contribution is 5.92. The fourth-order valence-corrected chi connectivity index (χ4v) is 2.14. The van der Waals surface area contributed by atoms with E-state index in [0.29, 0.717) is 24.5 Å². The number of rotatable bonds is 3. The van der Waals surface area contributed by atoms with Crippen LogP contribution in [0.3, 0.4) is 0 Å². The van der Waals surface area contributed by atoms with Gasteiger partial charge < -0.3 is 9.64 Å². The Kier molecular flexibility index (Phi) is 3.76. The molecule has 0 N–H and O–H groups in total. The van der Waals surface area contributed by atoms with E-state index >= 15 is 0 Å². The zero-order valence-corrected chi connectivity index (χ0v) is 12.3. The Morgan fingerprint density at radius 2 is 2.13 bits per heavy atom. The Hall–Kier alpha value is -3.21. The second kappa shape index (κ2) is 5.88. The molecule has 0 saturated carbocycles. The van der Waals surface area contributed by atoms with Crippen molar-refractivity contribution in [2.75, 3.05) is 13.1 Å². The summed E-state index contributed by atoms with van der Waals surface area (Å²) < 4.78 is 6.75. The first-order valence-corrected chi connectivity index (χ1v) is 6.93. The second-order valence-corrected chi connectivity index (χ2v) is 5.13. The molecule has 3 heterocycles. The molecule has 2 aromatic heterocycles. The molecule has 0 radical (unpaired) electrons. The number of hydrogen-bond donors (Lipinski definition) is 0. The quantitative estimate of drug-likeness (QED) is 0.787. The maximum absolute atomic E-state index is 12.2. The van der Waals surface area contributed by atoms with Crippen molar-refractivity contribution in [2.24, 2.45) is 7.05 Å². The van der Waals surface area contributed by atoms with E-state index in [9.17, 15) is 9.59 Å². The van der Waals surface area contributed by atoms with Gasteiger partial charge in [0.2, 0.25) is 5.88 Å². The summed E-state index contributed by atoms with van der Waals surface area (Å²) in [6.45, 7) is 0.843. The topological polar surface area (TPSA) is 101 Å². The molecule has 0 aromatic carbocycles. The van der Waals surface area contributed by atoms with Gasteiger partial charge in [0, 0.05) is 25.4 Å². The van der Waals surface area contributed by atoms with Crippen LogP contribution in [0.15, 0.2) is 35.3 Å². The average Bonchev–Trinajstić information content (AvgIpc) is 2.53. The molecule has 8 heteroatoms. The number of carbonyl (C=O) groups is 1. The molecule has 1 fully saturated rings. The van der Waals surface area contributed by atoms with Gasteiger partial charge >= 0.3 is 0 Å². The van der Waals surface area contributed by atoms with Gasteiger partial charge in [-0.25, -0.2) is 9.67 Å². The minimum atomic E-state index is -0.266. The first-order chi connectivity index (χ1) is 11.1. The molecule has 23 heavy (non-hydrogen) atoms. The lowest BCUT2D eigenvalue weighted by atomic mass is 10.1. The van der Waals surface area contributed by atoms with Crippen molar-refractivity contribution in [1.29, 1.82) is 5.26 Å². The summed E-state index contributed by atoms with van der Waals surface area (Å²) in [5, 5.41) is 12.6. The number of carbonyl (C=O) groups excluding carboxylic acids is 1. The van der Waals surface area contributed by atoms with E-state index in [2.05, 4.69) is 10.1 Å². The number of ether oxygens (including phenoxy) is 1. The Bertz CT molecular complexity index is 831. The van der Waals surface area contributed by atoms with Crippen LogP contribution in [0.4, 0.5) is 0 Å². The molecular formula is C15H13N5O3. The van der Waals surface area contributed by atoms with Crippen molar-refractivity contribution in [3.63, 3.8) is 0 Å². The smallest absolute Gasteiger partial charge is 0.274 e. The summed E-state index contributed by atoms with van der Waals surface area (Å²) in [4.78, 5) is 29.1. The summed E-state index contributed by atoms with van der Waals surface area (Å²) in [7, 11) is 1.50. The fourth-order valence-electron chi connectivity index (χ4n) is 2.14. The monoisotopic (exact) mass is 311 g/mol. The maximum atomic E-state index is 12.2. The van der Waals surface area contributed by atoms with Gasteiger partial charge in [-0.2, -0.15) is 10.4 Å². The molecule has 116 valence electrons. The van der Waals surface area contributed by atoms with Gasteiger partial charge in [0.25, 0.3) is 11.5 Å². The number of amides is 1. The Morgan fingerprint density at radius 1 is 1.35 bits per heavy atom. The Balaban J connectivity index is 1.57. The first kappa shape index (κ1) is 14.7. The fraction of sp³-hybridized carbons (Fsp3) is 0.267. The molecule has 3 rings (SSSR count). The third-order valence-corrected chi connectivity index (χ3v) is 3.47. The SMILES string of the molecule is Cn1nc(C(=O)N2CC(Oc3ccc(C#N)cn3)C2)ccc1=O. The standard InChI is InChI=1S/C15H13N5O3/c1-19-14(21)5-3-12(18-19)15(22)20-8-11(9-20)23-13-4-2-10(6-16)7-17-13/h2-5,7,11H,8-9H2,1H3. The lowest BCUT2D eigenvalue weighted by molar-refractivity contribution is 0.0154. The zero-order valence-electron chi connectivity index (χ0n) is 12.3. The van der Waals surface area contributed by atoms with Gasteiger partial charge in [0.05, 0.1) is 18.7 Å². The maximum Gasteiger partial charge on any atom is 0.274 e. The van der Waals surface area contributed by atoms with Crippen LogP contribution < -0.4 is 10.3 Å². The third kappa shape index (κ3) is 3.03. The summed E-state index contributed by atoms with van der Waals surface area (Å²) >= 11 is 0.